The first kappa shape index (κ1) is 23.6. The molecule has 0 amide bonds. The van der Waals surface area contributed by atoms with Crippen LogP contribution in [0.15, 0.2) is 0 Å². The summed E-state index contributed by atoms with van der Waals surface area (Å²) in [6, 6.07) is 0. The lowest BCUT2D eigenvalue weighted by Gasteiger charge is -2.19. The molecule has 0 saturated heterocycles. The standard InChI is InChI=1S/C16H29F5O2S/c1-2-3-4-5-6-7-8-9-10-13-24(22,23)14-11-12-15(17,18)16(19,20)21/h2-14H2,1H3. The number of rotatable bonds is 14. The van der Waals surface area contributed by atoms with Gasteiger partial charge in [-0.1, -0.05) is 58.3 Å². The minimum Gasteiger partial charge on any atom is -0.229 e. The number of hydrogen-bond donors (Lipinski definition) is 0. The fourth-order valence-electron chi connectivity index (χ4n) is 2.39. The molecule has 0 rings (SSSR count). The van der Waals surface area contributed by atoms with Crippen molar-refractivity contribution in [1.82, 2.24) is 0 Å². The van der Waals surface area contributed by atoms with Gasteiger partial charge in [0.05, 0.1) is 11.5 Å². The lowest BCUT2D eigenvalue weighted by Crippen LogP contribution is -2.36. The zero-order chi connectivity index (χ0) is 18.7. The van der Waals surface area contributed by atoms with E-state index in [2.05, 4.69) is 6.92 Å². The van der Waals surface area contributed by atoms with Crippen molar-refractivity contribution in [3.05, 3.63) is 0 Å². The van der Waals surface area contributed by atoms with Gasteiger partial charge in [-0.3, -0.25) is 0 Å². The lowest BCUT2D eigenvalue weighted by atomic mass is 10.1. The largest absolute Gasteiger partial charge is 0.453 e. The van der Waals surface area contributed by atoms with E-state index in [4.69, 9.17) is 0 Å². The van der Waals surface area contributed by atoms with Crippen LogP contribution in [0.25, 0.3) is 0 Å². The van der Waals surface area contributed by atoms with Crippen molar-refractivity contribution in [3.8, 4) is 0 Å². The van der Waals surface area contributed by atoms with E-state index < -0.39 is 40.5 Å². The van der Waals surface area contributed by atoms with E-state index in [1.54, 1.807) is 0 Å². The van der Waals surface area contributed by atoms with E-state index in [-0.39, 0.29) is 5.75 Å². The third-order valence-electron chi connectivity index (χ3n) is 3.92. The van der Waals surface area contributed by atoms with Crippen molar-refractivity contribution < 1.29 is 30.4 Å². The molecule has 24 heavy (non-hydrogen) atoms. The molecule has 2 nitrogen and oxygen atoms in total. The summed E-state index contributed by atoms with van der Waals surface area (Å²) in [7, 11) is -3.55. The highest BCUT2D eigenvalue weighted by molar-refractivity contribution is 7.91. The van der Waals surface area contributed by atoms with E-state index in [0.29, 0.717) is 6.42 Å². The molecular formula is C16H29F5O2S. The molecule has 0 aliphatic heterocycles. The van der Waals surface area contributed by atoms with Crippen LogP contribution in [-0.2, 0) is 9.84 Å². The number of hydrogen-bond acceptors (Lipinski definition) is 2. The van der Waals surface area contributed by atoms with Gasteiger partial charge in [0.25, 0.3) is 0 Å². The smallest absolute Gasteiger partial charge is 0.229 e. The zero-order valence-electron chi connectivity index (χ0n) is 14.3. The summed E-state index contributed by atoms with van der Waals surface area (Å²) in [6.45, 7) is 2.14. The molecule has 0 N–H and O–H groups in total. The SMILES string of the molecule is CCCCCCCCCCCS(=O)(=O)CCCC(F)(F)C(F)(F)F. The minimum atomic E-state index is -5.62. The highest BCUT2D eigenvalue weighted by Crippen LogP contribution is 2.38. The minimum absolute atomic E-state index is 0.138. The van der Waals surface area contributed by atoms with Crippen LogP contribution < -0.4 is 0 Å². The van der Waals surface area contributed by atoms with E-state index in [9.17, 15) is 30.4 Å². The Labute approximate surface area is 142 Å². The highest BCUT2D eigenvalue weighted by atomic mass is 32.2. The van der Waals surface area contributed by atoms with Crippen molar-refractivity contribution in [2.45, 2.75) is 89.7 Å². The molecule has 0 fully saturated rings. The second-order valence-corrected chi connectivity index (χ2v) is 8.59. The molecule has 0 aromatic carbocycles. The summed E-state index contributed by atoms with van der Waals surface area (Å²) in [6.07, 6.45) is 1.31. The third-order valence-corrected chi connectivity index (χ3v) is 5.74. The molecule has 0 aromatic heterocycles. The van der Waals surface area contributed by atoms with E-state index in [1.165, 1.54) is 25.7 Å². The van der Waals surface area contributed by atoms with Gasteiger partial charge < -0.3 is 0 Å². The summed E-state index contributed by atoms with van der Waals surface area (Å²) >= 11 is 0. The van der Waals surface area contributed by atoms with Crippen LogP contribution in [0.2, 0.25) is 0 Å². The molecule has 0 aliphatic rings. The first-order valence-electron chi connectivity index (χ1n) is 8.67. The summed E-state index contributed by atoms with van der Waals surface area (Å²) in [5.74, 6) is -5.57. The molecule has 0 unspecified atom stereocenters. The Morgan fingerprint density at radius 2 is 1.08 bits per heavy atom. The molecule has 0 atom stereocenters. The van der Waals surface area contributed by atoms with Crippen LogP contribution in [0.4, 0.5) is 22.0 Å². The van der Waals surface area contributed by atoms with Crippen molar-refractivity contribution in [3.63, 3.8) is 0 Å². The maximum atomic E-state index is 12.7. The molecule has 0 aliphatic carbocycles. The normalized spacial score (nSPS) is 13.4. The molecule has 0 heterocycles. The summed E-state index contributed by atoms with van der Waals surface area (Å²) < 4.78 is 84.6. The lowest BCUT2D eigenvalue weighted by molar-refractivity contribution is -0.284. The Balaban J connectivity index is 3.77. The summed E-state index contributed by atoms with van der Waals surface area (Å²) in [4.78, 5) is 0. The average Bonchev–Trinajstić information content (AvgIpc) is 2.44. The topological polar surface area (TPSA) is 34.1 Å². The van der Waals surface area contributed by atoms with E-state index >= 15 is 0 Å². The van der Waals surface area contributed by atoms with Crippen LogP contribution in [0.3, 0.4) is 0 Å². The number of alkyl halides is 5. The molecule has 146 valence electrons. The number of sulfone groups is 1. The van der Waals surface area contributed by atoms with Crippen molar-refractivity contribution in [2.24, 2.45) is 0 Å². The van der Waals surface area contributed by atoms with Crippen molar-refractivity contribution >= 4 is 9.84 Å². The van der Waals surface area contributed by atoms with Gasteiger partial charge in [-0.2, -0.15) is 22.0 Å². The molecule has 0 bridgehead atoms. The van der Waals surface area contributed by atoms with Gasteiger partial charge in [0.1, 0.15) is 9.84 Å². The van der Waals surface area contributed by atoms with Gasteiger partial charge >= 0.3 is 12.1 Å². The maximum absolute atomic E-state index is 12.7. The second-order valence-electron chi connectivity index (χ2n) is 6.29. The molecule has 0 radical (unpaired) electrons. The van der Waals surface area contributed by atoms with Gasteiger partial charge in [-0.15, -0.1) is 0 Å². The van der Waals surface area contributed by atoms with Crippen LogP contribution >= 0.6 is 0 Å². The van der Waals surface area contributed by atoms with Gasteiger partial charge in [0.2, 0.25) is 0 Å². The van der Waals surface area contributed by atoms with Gasteiger partial charge in [-0.25, -0.2) is 8.42 Å². The molecule has 0 spiro atoms. The molecule has 8 heteroatoms. The quantitative estimate of drug-likeness (QED) is 0.277. The first-order chi connectivity index (χ1) is 11.0. The summed E-state index contributed by atoms with van der Waals surface area (Å²) in [5.41, 5.74) is 0. The fourth-order valence-corrected chi connectivity index (χ4v) is 3.82. The van der Waals surface area contributed by atoms with Crippen LogP contribution in [0.1, 0.15) is 77.6 Å². The first-order valence-corrected chi connectivity index (χ1v) is 10.5. The molecule has 0 aromatic rings. The Kier molecular flexibility index (Phi) is 11.1. The maximum Gasteiger partial charge on any atom is 0.453 e. The second kappa shape index (κ2) is 11.3. The summed E-state index contributed by atoms with van der Waals surface area (Å²) in [5, 5.41) is 0. The van der Waals surface area contributed by atoms with Gasteiger partial charge in [0.15, 0.2) is 0 Å². The predicted octanol–water partition coefficient (Wildman–Crippen LogP) is 5.91. The molecular weight excluding hydrogens is 351 g/mol. The van der Waals surface area contributed by atoms with Crippen molar-refractivity contribution in [2.75, 3.05) is 11.5 Å². The van der Waals surface area contributed by atoms with E-state index in [0.717, 1.165) is 25.7 Å². The van der Waals surface area contributed by atoms with Crippen LogP contribution in [0, 0.1) is 0 Å². The monoisotopic (exact) mass is 380 g/mol. The predicted molar refractivity (Wildman–Crippen MR) is 86.1 cm³/mol. The van der Waals surface area contributed by atoms with E-state index in [1.807, 2.05) is 0 Å². The zero-order valence-corrected chi connectivity index (χ0v) is 15.1. The molecule has 0 saturated carbocycles. The average molecular weight is 380 g/mol. The third kappa shape index (κ3) is 11.2. The highest BCUT2D eigenvalue weighted by Gasteiger charge is 2.56. The van der Waals surface area contributed by atoms with Gasteiger partial charge in [0, 0.05) is 6.42 Å². The Hall–Kier alpha value is -0.400. The van der Waals surface area contributed by atoms with Gasteiger partial charge in [-0.05, 0) is 12.8 Å². The Bertz CT molecular complexity index is 419. The Morgan fingerprint density at radius 1 is 0.667 bits per heavy atom. The number of unbranched alkanes of at least 4 members (excludes halogenated alkanes) is 8. The van der Waals surface area contributed by atoms with Crippen molar-refractivity contribution in [1.29, 1.82) is 0 Å². The fraction of sp³-hybridized carbons (Fsp3) is 1.00. The van der Waals surface area contributed by atoms with Crippen LogP contribution in [-0.4, -0.2) is 32.0 Å². The number of halogens is 5. The van der Waals surface area contributed by atoms with Crippen LogP contribution in [0.5, 0.6) is 0 Å². The Morgan fingerprint density at radius 3 is 1.54 bits per heavy atom.